The van der Waals surface area contributed by atoms with Crippen molar-refractivity contribution in [3.05, 3.63) is 29.8 Å². The highest BCUT2D eigenvalue weighted by atomic mass is 16.2. The molecule has 0 saturated heterocycles. The highest BCUT2D eigenvalue weighted by Crippen LogP contribution is 2.18. The van der Waals surface area contributed by atoms with Gasteiger partial charge in [-0.1, -0.05) is 40.2 Å². The van der Waals surface area contributed by atoms with Gasteiger partial charge >= 0.3 is 0 Å². The number of hydrogen-bond acceptors (Lipinski definition) is 2. The minimum atomic E-state index is -0.460. The smallest absolute Gasteiger partial charge is 0.253 e. The molecule has 0 saturated carbocycles. The molecule has 1 N–H and O–H groups in total. The van der Waals surface area contributed by atoms with E-state index in [9.17, 15) is 9.59 Å². The van der Waals surface area contributed by atoms with E-state index in [-0.39, 0.29) is 11.8 Å². The number of rotatable bonds is 5. The number of benzene rings is 1. The summed E-state index contributed by atoms with van der Waals surface area (Å²) in [6.45, 7) is 8.41. The molecule has 0 atom stereocenters. The van der Waals surface area contributed by atoms with Crippen LogP contribution in [0.3, 0.4) is 0 Å². The maximum Gasteiger partial charge on any atom is 0.253 e. The lowest BCUT2D eigenvalue weighted by Crippen LogP contribution is -2.29. The first-order valence-electron chi connectivity index (χ1n) is 7.42. The van der Waals surface area contributed by atoms with E-state index in [0.29, 0.717) is 11.3 Å². The van der Waals surface area contributed by atoms with Crippen LogP contribution in [-0.4, -0.2) is 30.3 Å². The zero-order valence-corrected chi connectivity index (χ0v) is 13.7. The van der Waals surface area contributed by atoms with Gasteiger partial charge in [0, 0.05) is 30.3 Å². The van der Waals surface area contributed by atoms with Crippen LogP contribution in [-0.2, 0) is 4.79 Å². The Kier molecular flexibility index (Phi) is 5.94. The van der Waals surface area contributed by atoms with Crippen molar-refractivity contribution in [2.45, 2.75) is 40.5 Å². The summed E-state index contributed by atoms with van der Waals surface area (Å²) in [7, 11) is 1.80. The third-order valence-corrected chi connectivity index (χ3v) is 3.24. The van der Waals surface area contributed by atoms with Crippen molar-refractivity contribution >= 4 is 17.5 Å². The van der Waals surface area contributed by atoms with Crippen LogP contribution < -0.4 is 5.32 Å². The van der Waals surface area contributed by atoms with E-state index in [2.05, 4.69) is 12.2 Å². The highest BCUT2D eigenvalue weighted by molar-refractivity contribution is 5.98. The molecule has 0 unspecified atom stereocenters. The summed E-state index contributed by atoms with van der Waals surface area (Å²) < 4.78 is 0. The van der Waals surface area contributed by atoms with Gasteiger partial charge < -0.3 is 10.2 Å². The van der Waals surface area contributed by atoms with Gasteiger partial charge in [0.15, 0.2) is 0 Å². The molecule has 0 heterocycles. The van der Waals surface area contributed by atoms with Crippen molar-refractivity contribution in [1.29, 1.82) is 0 Å². The Bertz CT molecular complexity index is 504. The van der Waals surface area contributed by atoms with E-state index in [1.54, 1.807) is 36.2 Å². The van der Waals surface area contributed by atoms with E-state index < -0.39 is 5.41 Å². The Labute approximate surface area is 127 Å². The molecular weight excluding hydrogens is 264 g/mol. The lowest BCUT2D eigenvalue weighted by atomic mass is 9.95. The summed E-state index contributed by atoms with van der Waals surface area (Å²) >= 11 is 0. The monoisotopic (exact) mass is 290 g/mol. The van der Waals surface area contributed by atoms with Crippen LogP contribution in [0.2, 0.25) is 0 Å². The SMILES string of the molecule is CCCCN(C)C(=O)c1cccc(NC(=O)C(C)(C)C)c1. The summed E-state index contributed by atoms with van der Waals surface area (Å²) in [6, 6.07) is 7.09. The Morgan fingerprint density at radius 3 is 2.48 bits per heavy atom. The van der Waals surface area contributed by atoms with Gasteiger partial charge in [0.25, 0.3) is 5.91 Å². The molecule has 1 rings (SSSR count). The number of hydrogen-bond donors (Lipinski definition) is 1. The van der Waals surface area contributed by atoms with Crippen molar-refractivity contribution in [3.8, 4) is 0 Å². The molecule has 0 aromatic heterocycles. The average molecular weight is 290 g/mol. The van der Waals surface area contributed by atoms with Crippen molar-refractivity contribution in [2.24, 2.45) is 5.41 Å². The van der Waals surface area contributed by atoms with Gasteiger partial charge in [0.1, 0.15) is 0 Å². The molecule has 1 aromatic rings. The van der Waals surface area contributed by atoms with Crippen LogP contribution in [0.25, 0.3) is 0 Å². The van der Waals surface area contributed by atoms with Crippen LogP contribution in [0.1, 0.15) is 50.9 Å². The minimum Gasteiger partial charge on any atom is -0.342 e. The Hall–Kier alpha value is -1.84. The Balaban J connectivity index is 2.81. The molecule has 4 heteroatoms. The second-order valence-electron chi connectivity index (χ2n) is 6.37. The van der Waals surface area contributed by atoms with E-state index in [1.807, 2.05) is 20.8 Å². The molecule has 0 spiro atoms. The standard InChI is InChI=1S/C17H26N2O2/c1-6-7-11-19(5)15(20)13-9-8-10-14(12-13)18-16(21)17(2,3)4/h8-10,12H,6-7,11H2,1-5H3,(H,18,21). The number of nitrogens with one attached hydrogen (secondary N) is 1. The first kappa shape index (κ1) is 17.2. The third-order valence-electron chi connectivity index (χ3n) is 3.24. The van der Waals surface area contributed by atoms with Crippen LogP contribution in [0.4, 0.5) is 5.69 Å². The predicted molar refractivity (Wildman–Crippen MR) is 86.4 cm³/mol. The predicted octanol–water partition coefficient (Wildman–Crippen LogP) is 3.54. The molecular formula is C17H26N2O2. The van der Waals surface area contributed by atoms with Gasteiger partial charge in [0.05, 0.1) is 0 Å². The maximum atomic E-state index is 12.3. The van der Waals surface area contributed by atoms with Gasteiger partial charge in [-0.15, -0.1) is 0 Å². The molecule has 4 nitrogen and oxygen atoms in total. The first-order valence-corrected chi connectivity index (χ1v) is 7.42. The highest BCUT2D eigenvalue weighted by Gasteiger charge is 2.21. The Morgan fingerprint density at radius 1 is 1.24 bits per heavy atom. The zero-order chi connectivity index (χ0) is 16.0. The van der Waals surface area contributed by atoms with Crippen molar-refractivity contribution in [3.63, 3.8) is 0 Å². The lowest BCUT2D eigenvalue weighted by molar-refractivity contribution is -0.123. The molecule has 0 fully saturated rings. The minimum absolute atomic E-state index is 0.0182. The summed E-state index contributed by atoms with van der Waals surface area (Å²) in [5, 5.41) is 2.85. The normalized spacial score (nSPS) is 11.1. The van der Waals surface area contributed by atoms with Crippen LogP contribution in [0.5, 0.6) is 0 Å². The van der Waals surface area contributed by atoms with Crippen molar-refractivity contribution in [2.75, 3.05) is 18.9 Å². The fraction of sp³-hybridized carbons (Fsp3) is 0.529. The topological polar surface area (TPSA) is 49.4 Å². The molecule has 1 aromatic carbocycles. The molecule has 2 amide bonds. The largest absolute Gasteiger partial charge is 0.342 e. The summed E-state index contributed by atoms with van der Waals surface area (Å²) in [5.41, 5.74) is 0.794. The molecule has 0 aliphatic carbocycles. The number of amides is 2. The fourth-order valence-corrected chi connectivity index (χ4v) is 1.77. The van der Waals surface area contributed by atoms with E-state index >= 15 is 0 Å². The number of anilines is 1. The molecule has 0 aliphatic heterocycles. The van der Waals surface area contributed by atoms with Crippen LogP contribution in [0, 0.1) is 5.41 Å². The number of nitrogens with zero attached hydrogens (tertiary/aromatic N) is 1. The van der Waals surface area contributed by atoms with E-state index in [0.717, 1.165) is 19.4 Å². The Morgan fingerprint density at radius 2 is 1.90 bits per heavy atom. The summed E-state index contributed by atoms with van der Waals surface area (Å²) in [6.07, 6.45) is 2.04. The molecule has 0 radical (unpaired) electrons. The van der Waals surface area contributed by atoms with E-state index in [4.69, 9.17) is 0 Å². The lowest BCUT2D eigenvalue weighted by Gasteiger charge is -2.19. The quantitative estimate of drug-likeness (QED) is 0.901. The van der Waals surface area contributed by atoms with Crippen molar-refractivity contribution in [1.82, 2.24) is 4.90 Å². The van der Waals surface area contributed by atoms with Crippen LogP contribution in [0.15, 0.2) is 24.3 Å². The van der Waals surface area contributed by atoms with Gasteiger partial charge in [-0.05, 0) is 24.6 Å². The van der Waals surface area contributed by atoms with Crippen LogP contribution >= 0.6 is 0 Å². The molecule has 0 aliphatic rings. The third kappa shape index (κ3) is 5.21. The van der Waals surface area contributed by atoms with Gasteiger partial charge in [0.2, 0.25) is 5.91 Å². The van der Waals surface area contributed by atoms with Gasteiger partial charge in [-0.3, -0.25) is 9.59 Å². The number of carbonyl (C=O) groups is 2. The van der Waals surface area contributed by atoms with Crippen molar-refractivity contribution < 1.29 is 9.59 Å². The summed E-state index contributed by atoms with van der Waals surface area (Å²) in [5.74, 6) is -0.0817. The molecule has 116 valence electrons. The van der Waals surface area contributed by atoms with Gasteiger partial charge in [-0.2, -0.15) is 0 Å². The first-order chi connectivity index (χ1) is 9.75. The number of unbranched alkanes of at least 4 members (excludes halogenated alkanes) is 1. The summed E-state index contributed by atoms with van der Waals surface area (Å²) in [4.78, 5) is 26.0. The van der Waals surface area contributed by atoms with E-state index in [1.165, 1.54) is 0 Å². The second kappa shape index (κ2) is 7.25. The maximum absolute atomic E-state index is 12.3. The fourth-order valence-electron chi connectivity index (χ4n) is 1.77. The van der Waals surface area contributed by atoms with Gasteiger partial charge in [-0.25, -0.2) is 0 Å². The zero-order valence-electron chi connectivity index (χ0n) is 13.7. The number of carbonyl (C=O) groups excluding carboxylic acids is 2. The molecule has 0 bridgehead atoms. The second-order valence-corrected chi connectivity index (χ2v) is 6.37. The average Bonchev–Trinajstić information content (AvgIpc) is 2.43. The molecule has 21 heavy (non-hydrogen) atoms.